The number of alkyl halides is 3. The van der Waals surface area contributed by atoms with Gasteiger partial charge in [0.1, 0.15) is 17.2 Å². The van der Waals surface area contributed by atoms with E-state index in [2.05, 4.69) is 29.6 Å². The molecule has 0 aliphatic carbocycles. The van der Waals surface area contributed by atoms with Gasteiger partial charge in [0.25, 0.3) is 5.79 Å². The van der Waals surface area contributed by atoms with Crippen LogP contribution in [0.3, 0.4) is 0 Å². The van der Waals surface area contributed by atoms with Crippen molar-refractivity contribution in [3.8, 4) is 22.9 Å². The topological polar surface area (TPSA) is 103 Å². The number of para-hydroxylation sites is 1. The van der Waals surface area contributed by atoms with Crippen molar-refractivity contribution >= 4 is 22.8 Å². The fourth-order valence-electron chi connectivity index (χ4n) is 7.04. The number of aromatic amines is 1. The average molecular weight is 698 g/mol. The Morgan fingerprint density at radius 1 is 1.06 bits per heavy atom. The van der Waals surface area contributed by atoms with E-state index in [0.717, 1.165) is 43.7 Å². The summed E-state index contributed by atoms with van der Waals surface area (Å²) in [5.41, 5.74) is 2.90. The van der Waals surface area contributed by atoms with Crippen LogP contribution in [-0.4, -0.2) is 60.9 Å². The summed E-state index contributed by atoms with van der Waals surface area (Å²) in [5, 5.41) is 7.23. The number of benzene rings is 2. The molecule has 2 saturated heterocycles. The van der Waals surface area contributed by atoms with Crippen molar-refractivity contribution in [1.82, 2.24) is 34.6 Å². The lowest BCUT2D eigenvalue weighted by molar-refractivity contribution is -0.144. The van der Waals surface area contributed by atoms with Crippen LogP contribution < -0.4 is 9.47 Å². The third kappa shape index (κ3) is 6.10. The van der Waals surface area contributed by atoms with Crippen LogP contribution in [0.2, 0.25) is 5.02 Å². The number of hydrogen-bond acceptors (Lipinski definition) is 8. The highest BCUT2D eigenvalue weighted by Gasteiger charge is 2.43. The number of nitrogens with zero attached hydrogens (tertiary/aromatic N) is 6. The maximum absolute atomic E-state index is 14.9. The Morgan fingerprint density at radius 3 is 2.63 bits per heavy atom. The second-order valence-electron chi connectivity index (χ2n) is 13.0. The summed E-state index contributed by atoms with van der Waals surface area (Å²) < 4.78 is 74.6. The van der Waals surface area contributed by atoms with Crippen molar-refractivity contribution in [2.24, 2.45) is 5.92 Å². The fourth-order valence-corrected chi connectivity index (χ4v) is 7.20. The predicted octanol–water partition coefficient (Wildman–Crippen LogP) is 7.09. The molecule has 1 N–H and O–H groups in total. The Hall–Kier alpha value is -4.27. The van der Waals surface area contributed by atoms with Crippen molar-refractivity contribution < 1.29 is 31.8 Å². The molecule has 8 rings (SSSR count). The van der Waals surface area contributed by atoms with Gasteiger partial charge in [-0.1, -0.05) is 23.7 Å². The number of H-pyrrole nitrogens is 1. The van der Waals surface area contributed by atoms with E-state index < -0.39 is 23.6 Å². The number of hydrogen-bond donors (Lipinski definition) is 1. The number of halogens is 5. The van der Waals surface area contributed by atoms with E-state index in [-0.39, 0.29) is 17.3 Å². The third-order valence-corrected chi connectivity index (χ3v) is 9.82. The van der Waals surface area contributed by atoms with Crippen LogP contribution in [0.25, 0.3) is 22.6 Å². The highest BCUT2D eigenvalue weighted by atomic mass is 35.5. The van der Waals surface area contributed by atoms with E-state index in [1.165, 1.54) is 12.3 Å². The zero-order valence-corrected chi connectivity index (χ0v) is 27.2. The van der Waals surface area contributed by atoms with Gasteiger partial charge in [0.05, 0.1) is 18.7 Å². The summed E-state index contributed by atoms with van der Waals surface area (Å²) in [4.78, 5) is 14.2. The zero-order chi connectivity index (χ0) is 33.9. The van der Waals surface area contributed by atoms with Crippen LogP contribution in [0, 0.1) is 11.7 Å². The van der Waals surface area contributed by atoms with Gasteiger partial charge < -0.3 is 23.8 Å². The summed E-state index contributed by atoms with van der Waals surface area (Å²) in [6.07, 6.45) is -0.487. The molecule has 49 heavy (non-hydrogen) atoms. The first-order valence-corrected chi connectivity index (χ1v) is 16.5. The molecule has 1 unspecified atom stereocenters. The lowest BCUT2D eigenvalue weighted by atomic mass is 9.88. The number of piperidine rings is 1. The highest BCUT2D eigenvalue weighted by Crippen LogP contribution is 2.50. The Bertz CT molecular complexity index is 2020. The van der Waals surface area contributed by atoms with E-state index in [0.29, 0.717) is 65.5 Å². The minimum absolute atomic E-state index is 0.0236. The molecule has 2 aromatic carbocycles. The van der Waals surface area contributed by atoms with Crippen molar-refractivity contribution in [1.29, 1.82) is 0 Å². The summed E-state index contributed by atoms with van der Waals surface area (Å²) in [5.74, 6) is -0.453. The first-order chi connectivity index (χ1) is 23.5. The number of rotatable bonds is 7. The van der Waals surface area contributed by atoms with Gasteiger partial charge in [-0.05, 0) is 68.6 Å². The first-order valence-electron chi connectivity index (χ1n) is 16.2. The molecule has 256 valence electrons. The molecule has 10 nitrogen and oxygen atoms in total. The van der Waals surface area contributed by atoms with Crippen molar-refractivity contribution in [3.05, 3.63) is 82.3 Å². The number of nitrogens with one attached hydrogen (secondary N) is 1. The number of likely N-dealkylation sites (tertiary alicyclic amines) is 1. The van der Waals surface area contributed by atoms with Gasteiger partial charge in [-0.3, -0.25) is 4.90 Å². The van der Waals surface area contributed by atoms with Crippen LogP contribution >= 0.6 is 11.6 Å². The van der Waals surface area contributed by atoms with E-state index >= 15 is 0 Å². The molecule has 15 heteroatoms. The van der Waals surface area contributed by atoms with E-state index in [1.807, 2.05) is 18.2 Å². The minimum Gasteiger partial charge on any atom is -0.444 e. The van der Waals surface area contributed by atoms with E-state index in [9.17, 15) is 17.6 Å². The molecule has 2 atom stereocenters. The van der Waals surface area contributed by atoms with Gasteiger partial charge >= 0.3 is 6.18 Å². The van der Waals surface area contributed by atoms with Crippen LogP contribution in [0.4, 0.5) is 17.6 Å². The quantitative estimate of drug-likeness (QED) is 0.180. The van der Waals surface area contributed by atoms with Crippen LogP contribution in [-0.2, 0) is 29.8 Å². The average Bonchev–Trinajstić information content (AvgIpc) is 3.88. The predicted molar refractivity (Wildman–Crippen MR) is 171 cm³/mol. The maximum atomic E-state index is 14.9. The molecule has 0 saturated carbocycles. The van der Waals surface area contributed by atoms with Crippen LogP contribution in [0.15, 0.2) is 48.7 Å². The van der Waals surface area contributed by atoms with Crippen molar-refractivity contribution in [2.45, 2.75) is 57.2 Å². The minimum atomic E-state index is -4.63. The number of ether oxygens (including phenoxy) is 3. The standard InChI is InChI=1S/C34H32ClF4N7O3/c1-33(24-6-5-22(35)14-25(24)36)48-27-4-2-3-23(29(27)49-33)20-7-10-45(11-8-20)17-28-41-26-13-21(30-42-32(44-43-30)34(37,38)39)15-40-31(26)46(28)16-19-9-12-47-18-19/h2-6,13-15,19-20H,7-12,16-18H2,1H3,(H,42,43,44)/t19-,33?/m1/s1. The molecule has 0 amide bonds. The molecule has 3 aliphatic rings. The smallest absolute Gasteiger partial charge is 0.444 e. The summed E-state index contributed by atoms with van der Waals surface area (Å²) >= 11 is 5.98. The Morgan fingerprint density at radius 2 is 1.90 bits per heavy atom. The van der Waals surface area contributed by atoms with Gasteiger partial charge in [0, 0.05) is 48.3 Å². The van der Waals surface area contributed by atoms with Crippen molar-refractivity contribution in [3.63, 3.8) is 0 Å². The third-order valence-electron chi connectivity index (χ3n) is 9.58. The number of imidazole rings is 1. The van der Waals surface area contributed by atoms with Crippen molar-refractivity contribution in [2.75, 3.05) is 26.3 Å². The molecule has 5 aromatic rings. The molecular formula is C34H32ClF4N7O3. The fraction of sp³-hybridized carbons (Fsp3) is 0.412. The summed E-state index contributed by atoms with van der Waals surface area (Å²) in [7, 11) is 0. The Kier molecular flexibility index (Phi) is 7.99. The highest BCUT2D eigenvalue weighted by molar-refractivity contribution is 6.30. The van der Waals surface area contributed by atoms with Gasteiger partial charge in [-0.2, -0.15) is 13.2 Å². The monoisotopic (exact) mass is 697 g/mol. The molecular weight excluding hydrogens is 666 g/mol. The SMILES string of the molecule is CC1(c2ccc(Cl)cc2F)Oc2cccc(C3CCN(Cc4nc5cc(-c6nnc(C(F)(F)F)[nH]6)cnc5n4C[C@H]4CCOC4)CC3)c2O1. The molecule has 2 fully saturated rings. The summed E-state index contributed by atoms with van der Waals surface area (Å²) in [6, 6.07) is 12.0. The normalized spacial score (nSPS) is 21.6. The zero-order valence-electron chi connectivity index (χ0n) is 26.4. The van der Waals surface area contributed by atoms with E-state index in [4.69, 9.17) is 30.8 Å². The molecule has 3 aromatic heterocycles. The molecule has 0 radical (unpaired) electrons. The molecule has 0 bridgehead atoms. The lowest BCUT2D eigenvalue weighted by Crippen LogP contribution is -2.34. The van der Waals surface area contributed by atoms with Gasteiger partial charge in [-0.25, -0.2) is 14.4 Å². The second-order valence-corrected chi connectivity index (χ2v) is 13.4. The summed E-state index contributed by atoms with van der Waals surface area (Å²) in [6.45, 7) is 5.91. The number of pyridine rings is 1. The number of fused-ring (bicyclic) bond motifs is 2. The van der Waals surface area contributed by atoms with Crippen LogP contribution in [0.5, 0.6) is 11.5 Å². The molecule has 3 aliphatic heterocycles. The maximum Gasteiger partial charge on any atom is 0.451 e. The number of aromatic nitrogens is 6. The second kappa shape index (κ2) is 12.3. The van der Waals surface area contributed by atoms with Gasteiger partial charge in [-0.15, -0.1) is 10.2 Å². The van der Waals surface area contributed by atoms with Gasteiger partial charge in [0.2, 0.25) is 5.82 Å². The first kappa shape index (κ1) is 32.0. The largest absolute Gasteiger partial charge is 0.451 e. The van der Waals surface area contributed by atoms with E-state index in [1.54, 1.807) is 25.1 Å². The van der Waals surface area contributed by atoms with Gasteiger partial charge in [0.15, 0.2) is 23.0 Å². The lowest BCUT2D eigenvalue weighted by Gasteiger charge is -2.32. The molecule has 0 spiro atoms. The Balaban J connectivity index is 1.01. The Labute approximate surface area is 283 Å². The van der Waals surface area contributed by atoms with Crippen LogP contribution in [0.1, 0.15) is 54.9 Å². The molecule has 6 heterocycles.